The zero-order valence-electron chi connectivity index (χ0n) is 19.4. The van der Waals surface area contributed by atoms with E-state index in [9.17, 15) is 18.0 Å². The lowest BCUT2D eigenvalue weighted by molar-refractivity contribution is -0.117. The molecule has 0 radical (unpaired) electrons. The van der Waals surface area contributed by atoms with Gasteiger partial charge in [-0.1, -0.05) is 24.3 Å². The molecule has 1 aliphatic heterocycles. The molecule has 35 heavy (non-hydrogen) atoms. The predicted octanol–water partition coefficient (Wildman–Crippen LogP) is 4.98. The maximum Gasteiger partial charge on any atom is 0.339 e. The molecule has 0 amide bonds. The summed E-state index contributed by atoms with van der Waals surface area (Å²) >= 11 is 0. The molecule has 0 fully saturated rings. The molecule has 182 valence electrons. The van der Waals surface area contributed by atoms with Gasteiger partial charge >= 0.3 is 10.1 Å². The largest absolute Gasteiger partial charge is 0.490 e. The van der Waals surface area contributed by atoms with E-state index in [1.165, 1.54) is 18.2 Å². The standard InChI is InChI=1S/C27H26O7S/c1-2-32-24-16-17(14-15-21(24)34-35(30,31)18-8-4-3-5-9-18)25-26-19(28)10-6-12-22(26)33-23-13-7-11-20(29)27(23)25/h3-5,8-9,14-16,25H,2,6-7,10-13H2,1H3. The fourth-order valence-corrected chi connectivity index (χ4v) is 5.91. The molecule has 0 atom stereocenters. The summed E-state index contributed by atoms with van der Waals surface area (Å²) in [6, 6.07) is 12.8. The summed E-state index contributed by atoms with van der Waals surface area (Å²) in [5, 5.41) is 0. The van der Waals surface area contributed by atoms with Crippen LogP contribution in [0.15, 0.2) is 76.1 Å². The molecule has 2 aromatic carbocycles. The lowest BCUT2D eigenvalue weighted by atomic mass is 9.73. The Kier molecular flexibility index (Phi) is 6.23. The van der Waals surface area contributed by atoms with Crippen LogP contribution in [0.4, 0.5) is 0 Å². The van der Waals surface area contributed by atoms with Crippen LogP contribution in [0.5, 0.6) is 11.5 Å². The molecule has 2 aromatic rings. The molecule has 7 nitrogen and oxygen atoms in total. The molecule has 0 spiro atoms. The first kappa shape index (κ1) is 23.4. The van der Waals surface area contributed by atoms with Crippen LogP contribution in [0.2, 0.25) is 0 Å². The molecule has 1 heterocycles. The van der Waals surface area contributed by atoms with Gasteiger partial charge in [0.05, 0.1) is 6.61 Å². The van der Waals surface area contributed by atoms with E-state index >= 15 is 0 Å². The second kappa shape index (κ2) is 9.34. The number of carbonyl (C=O) groups is 2. The summed E-state index contributed by atoms with van der Waals surface area (Å²) in [4.78, 5) is 26.0. The van der Waals surface area contributed by atoms with Crippen molar-refractivity contribution < 1.29 is 31.7 Å². The van der Waals surface area contributed by atoms with Crippen LogP contribution in [0.25, 0.3) is 0 Å². The molecular weight excluding hydrogens is 468 g/mol. The molecule has 3 aliphatic rings. The van der Waals surface area contributed by atoms with Crippen LogP contribution in [-0.4, -0.2) is 26.6 Å². The molecular formula is C27H26O7S. The average Bonchev–Trinajstić information content (AvgIpc) is 2.85. The van der Waals surface area contributed by atoms with Crippen molar-refractivity contribution in [2.24, 2.45) is 0 Å². The third-order valence-corrected chi connectivity index (χ3v) is 7.72. The fourth-order valence-electron chi connectivity index (χ4n) is 4.95. The van der Waals surface area contributed by atoms with Crippen molar-refractivity contribution in [2.75, 3.05) is 6.61 Å². The van der Waals surface area contributed by atoms with Gasteiger partial charge < -0.3 is 13.7 Å². The SMILES string of the molecule is CCOc1cc(C2C3=C(CCCC3=O)OC3=C2C(=O)CCC3)ccc1OS(=O)(=O)c1ccccc1. The van der Waals surface area contributed by atoms with Crippen molar-refractivity contribution in [1.82, 2.24) is 0 Å². The minimum absolute atomic E-state index is 0.0221. The highest BCUT2D eigenvalue weighted by molar-refractivity contribution is 7.87. The zero-order chi connectivity index (χ0) is 24.6. The van der Waals surface area contributed by atoms with Crippen molar-refractivity contribution in [1.29, 1.82) is 0 Å². The molecule has 0 aromatic heterocycles. The van der Waals surface area contributed by atoms with E-state index < -0.39 is 16.0 Å². The molecule has 0 saturated carbocycles. The van der Waals surface area contributed by atoms with Gasteiger partial charge in [-0.15, -0.1) is 0 Å². The number of hydrogen-bond acceptors (Lipinski definition) is 7. The number of ether oxygens (including phenoxy) is 2. The van der Waals surface area contributed by atoms with Crippen molar-refractivity contribution in [2.45, 2.75) is 56.3 Å². The Morgan fingerprint density at radius 3 is 2.09 bits per heavy atom. The van der Waals surface area contributed by atoms with Crippen molar-refractivity contribution >= 4 is 21.7 Å². The average molecular weight is 495 g/mol. The van der Waals surface area contributed by atoms with Gasteiger partial charge in [-0.25, -0.2) is 0 Å². The molecule has 8 heteroatoms. The Morgan fingerprint density at radius 2 is 1.49 bits per heavy atom. The summed E-state index contributed by atoms with van der Waals surface area (Å²) in [7, 11) is -4.07. The van der Waals surface area contributed by atoms with E-state index in [-0.39, 0.29) is 34.6 Å². The lowest BCUT2D eigenvalue weighted by Gasteiger charge is -2.36. The highest BCUT2D eigenvalue weighted by Crippen LogP contribution is 2.49. The Bertz CT molecular complexity index is 1310. The van der Waals surface area contributed by atoms with Crippen LogP contribution in [0.1, 0.15) is 56.9 Å². The number of carbonyl (C=O) groups excluding carboxylic acids is 2. The first-order valence-electron chi connectivity index (χ1n) is 11.9. The first-order valence-corrected chi connectivity index (χ1v) is 13.3. The summed E-state index contributed by atoms with van der Waals surface area (Å²) in [6.45, 7) is 2.06. The fraction of sp³-hybridized carbons (Fsp3) is 0.333. The van der Waals surface area contributed by atoms with E-state index in [0.29, 0.717) is 53.9 Å². The lowest BCUT2D eigenvalue weighted by Crippen LogP contribution is -2.30. The minimum Gasteiger partial charge on any atom is -0.490 e. The molecule has 0 N–H and O–H groups in total. The van der Waals surface area contributed by atoms with E-state index in [2.05, 4.69) is 0 Å². The van der Waals surface area contributed by atoms with Crippen LogP contribution in [0, 0.1) is 0 Å². The Hall–Kier alpha value is -3.39. The first-order chi connectivity index (χ1) is 16.9. The second-order valence-electron chi connectivity index (χ2n) is 8.75. The Balaban J connectivity index is 1.59. The summed E-state index contributed by atoms with van der Waals surface area (Å²) in [5.74, 6) is 0.950. The molecule has 5 rings (SSSR count). The third-order valence-electron chi connectivity index (χ3n) is 6.47. The van der Waals surface area contributed by atoms with Gasteiger partial charge in [0.2, 0.25) is 0 Å². The van der Waals surface area contributed by atoms with E-state index in [0.717, 1.165) is 12.8 Å². The monoisotopic (exact) mass is 494 g/mol. The molecule has 0 unspecified atom stereocenters. The number of ketones is 2. The molecule has 0 bridgehead atoms. The van der Waals surface area contributed by atoms with Gasteiger partial charge in [0.15, 0.2) is 23.1 Å². The van der Waals surface area contributed by atoms with Gasteiger partial charge in [0.1, 0.15) is 16.4 Å². The van der Waals surface area contributed by atoms with Crippen LogP contribution >= 0.6 is 0 Å². The predicted molar refractivity (Wildman–Crippen MR) is 127 cm³/mol. The zero-order valence-corrected chi connectivity index (χ0v) is 20.2. The second-order valence-corrected chi connectivity index (χ2v) is 10.3. The van der Waals surface area contributed by atoms with Gasteiger partial charge in [0, 0.05) is 42.7 Å². The van der Waals surface area contributed by atoms with E-state index in [1.54, 1.807) is 37.3 Å². The summed E-state index contributed by atoms with van der Waals surface area (Å²) < 4.78 is 42.9. The van der Waals surface area contributed by atoms with E-state index in [1.807, 2.05) is 0 Å². The topological polar surface area (TPSA) is 96.0 Å². The van der Waals surface area contributed by atoms with Gasteiger partial charge in [-0.05, 0) is 49.6 Å². The third kappa shape index (κ3) is 4.38. The summed E-state index contributed by atoms with van der Waals surface area (Å²) in [5.41, 5.74) is 1.73. The highest BCUT2D eigenvalue weighted by Gasteiger charge is 2.42. The molecule has 0 saturated heterocycles. The van der Waals surface area contributed by atoms with Crippen molar-refractivity contribution in [3.8, 4) is 11.5 Å². The number of benzene rings is 2. The summed E-state index contributed by atoms with van der Waals surface area (Å²) in [6.07, 6.45) is 3.55. The normalized spacial score (nSPS) is 18.7. The van der Waals surface area contributed by atoms with E-state index in [4.69, 9.17) is 13.7 Å². The van der Waals surface area contributed by atoms with Crippen molar-refractivity contribution in [3.63, 3.8) is 0 Å². The van der Waals surface area contributed by atoms with Gasteiger partial charge in [-0.2, -0.15) is 8.42 Å². The number of allylic oxidation sites excluding steroid dienone is 4. The number of Topliss-reactive ketones (excluding diaryl/α,β-unsaturated/α-hetero) is 2. The Labute approximate surface area is 204 Å². The Morgan fingerprint density at radius 1 is 0.857 bits per heavy atom. The number of rotatable bonds is 6. The minimum atomic E-state index is -4.07. The van der Waals surface area contributed by atoms with Gasteiger partial charge in [-0.3, -0.25) is 9.59 Å². The van der Waals surface area contributed by atoms with Crippen molar-refractivity contribution in [3.05, 3.63) is 76.8 Å². The smallest absolute Gasteiger partial charge is 0.339 e. The van der Waals surface area contributed by atoms with Crippen LogP contribution in [-0.2, 0) is 24.4 Å². The number of hydrogen-bond donors (Lipinski definition) is 0. The maximum absolute atomic E-state index is 13.0. The quantitative estimate of drug-likeness (QED) is 0.523. The van der Waals surface area contributed by atoms with Crippen LogP contribution < -0.4 is 8.92 Å². The van der Waals surface area contributed by atoms with Crippen LogP contribution in [0.3, 0.4) is 0 Å². The maximum atomic E-state index is 13.0. The van der Waals surface area contributed by atoms with Gasteiger partial charge in [0.25, 0.3) is 0 Å². The highest BCUT2D eigenvalue weighted by atomic mass is 32.2. The molecule has 2 aliphatic carbocycles.